The van der Waals surface area contributed by atoms with E-state index >= 15 is 0 Å². The number of carbonyl (C=O) groups is 1. The van der Waals surface area contributed by atoms with Crippen molar-refractivity contribution in [3.8, 4) is 0 Å². The molecule has 2 atom stereocenters. The van der Waals surface area contributed by atoms with Crippen LogP contribution in [-0.4, -0.2) is 51.7 Å². The smallest absolute Gasteiger partial charge is 0.410 e. The van der Waals surface area contributed by atoms with Crippen LogP contribution in [0.3, 0.4) is 0 Å². The molecule has 1 fully saturated rings. The van der Waals surface area contributed by atoms with Gasteiger partial charge in [-0.1, -0.05) is 6.07 Å². The van der Waals surface area contributed by atoms with Gasteiger partial charge in [-0.15, -0.1) is 0 Å². The zero-order chi connectivity index (χ0) is 16.3. The molecule has 0 bridgehead atoms. The summed E-state index contributed by atoms with van der Waals surface area (Å²) in [6, 6.07) is 4.48. The summed E-state index contributed by atoms with van der Waals surface area (Å²) in [4.78, 5) is 20.7. The summed E-state index contributed by atoms with van der Waals surface area (Å²) in [5, 5.41) is 0. The van der Waals surface area contributed by atoms with E-state index in [1.54, 1.807) is 6.20 Å². The number of carbonyl (C=O) groups excluding carboxylic acids is 1. The Labute approximate surface area is 133 Å². The number of nitrogens with zero attached hydrogens (tertiary/aromatic N) is 3. The summed E-state index contributed by atoms with van der Waals surface area (Å²) in [6.07, 6.45) is 3.47. The van der Waals surface area contributed by atoms with Gasteiger partial charge in [0, 0.05) is 44.1 Å². The summed E-state index contributed by atoms with van der Waals surface area (Å²) in [5.74, 6) is 0. The van der Waals surface area contributed by atoms with Crippen molar-refractivity contribution in [1.82, 2.24) is 14.8 Å². The molecule has 1 aromatic rings. The van der Waals surface area contributed by atoms with Gasteiger partial charge in [0.05, 0.1) is 0 Å². The first-order valence-electron chi connectivity index (χ1n) is 7.89. The third-order valence-corrected chi connectivity index (χ3v) is 3.85. The largest absolute Gasteiger partial charge is 0.444 e. The number of rotatable bonds is 2. The van der Waals surface area contributed by atoms with Gasteiger partial charge in [0.25, 0.3) is 0 Å². The molecule has 5 nitrogen and oxygen atoms in total. The van der Waals surface area contributed by atoms with Crippen molar-refractivity contribution in [2.24, 2.45) is 0 Å². The van der Waals surface area contributed by atoms with Crippen molar-refractivity contribution in [1.29, 1.82) is 0 Å². The maximum Gasteiger partial charge on any atom is 0.410 e. The zero-order valence-electron chi connectivity index (χ0n) is 14.2. The van der Waals surface area contributed by atoms with Crippen molar-refractivity contribution in [3.63, 3.8) is 0 Å². The van der Waals surface area contributed by atoms with E-state index in [1.165, 1.54) is 5.56 Å². The Morgan fingerprint density at radius 1 is 1.32 bits per heavy atom. The summed E-state index contributed by atoms with van der Waals surface area (Å²) < 4.78 is 5.51. The lowest BCUT2D eigenvalue weighted by Gasteiger charge is -2.44. The van der Waals surface area contributed by atoms with Crippen LogP contribution in [0.1, 0.15) is 40.2 Å². The van der Waals surface area contributed by atoms with Crippen LogP contribution in [0.25, 0.3) is 0 Å². The van der Waals surface area contributed by atoms with Crippen LogP contribution < -0.4 is 0 Å². The minimum absolute atomic E-state index is 0.141. The highest BCUT2D eigenvalue weighted by Crippen LogP contribution is 2.20. The van der Waals surface area contributed by atoms with E-state index in [9.17, 15) is 4.79 Å². The van der Waals surface area contributed by atoms with E-state index in [4.69, 9.17) is 4.74 Å². The summed E-state index contributed by atoms with van der Waals surface area (Å²) >= 11 is 0. The molecule has 0 aromatic carbocycles. The van der Waals surface area contributed by atoms with Crippen molar-refractivity contribution in [2.45, 2.75) is 58.8 Å². The fourth-order valence-electron chi connectivity index (χ4n) is 2.72. The van der Waals surface area contributed by atoms with E-state index < -0.39 is 5.60 Å². The molecule has 2 heterocycles. The fourth-order valence-corrected chi connectivity index (χ4v) is 2.72. The normalized spacial score (nSPS) is 23.4. The molecule has 0 N–H and O–H groups in total. The standard InChI is InChI=1S/C17H27N3O2/c1-13-11-20(16(21)22-17(3,4)5)14(2)10-19(13)12-15-7-6-8-18-9-15/h6-9,13-14H,10-12H2,1-5H3/t13-,14+/m1/s1. The minimum atomic E-state index is -0.452. The van der Waals surface area contributed by atoms with E-state index in [2.05, 4.69) is 29.8 Å². The monoisotopic (exact) mass is 305 g/mol. The predicted molar refractivity (Wildman–Crippen MR) is 86.5 cm³/mol. The molecule has 122 valence electrons. The maximum absolute atomic E-state index is 12.3. The molecule has 1 aliphatic rings. The van der Waals surface area contributed by atoms with Crippen molar-refractivity contribution < 1.29 is 9.53 Å². The lowest BCUT2D eigenvalue weighted by Crippen LogP contribution is -2.58. The lowest BCUT2D eigenvalue weighted by atomic mass is 10.1. The Morgan fingerprint density at radius 3 is 2.64 bits per heavy atom. The van der Waals surface area contributed by atoms with Crippen LogP contribution in [0.15, 0.2) is 24.5 Å². The van der Waals surface area contributed by atoms with Gasteiger partial charge in [-0.2, -0.15) is 0 Å². The number of amides is 1. The zero-order valence-corrected chi connectivity index (χ0v) is 14.2. The molecule has 1 aliphatic heterocycles. The number of hydrogen-bond donors (Lipinski definition) is 0. The number of aromatic nitrogens is 1. The van der Waals surface area contributed by atoms with Crippen molar-refractivity contribution in [3.05, 3.63) is 30.1 Å². The van der Waals surface area contributed by atoms with Gasteiger partial charge < -0.3 is 9.64 Å². The third-order valence-electron chi connectivity index (χ3n) is 3.85. The predicted octanol–water partition coefficient (Wildman–Crippen LogP) is 2.91. The van der Waals surface area contributed by atoms with Crippen molar-refractivity contribution in [2.75, 3.05) is 13.1 Å². The number of pyridine rings is 1. The highest BCUT2D eigenvalue weighted by Gasteiger charge is 2.34. The quantitative estimate of drug-likeness (QED) is 0.843. The SMILES string of the molecule is C[C@@H]1CN(C(=O)OC(C)(C)C)[C@@H](C)CN1Cc1cccnc1. The Balaban J connectivity index is 1.98. The summed E-state index contributed by atoms with van der Waals surface area (Å²) in [5.41, 5.74) is 0.750. The molecule has 5 heteroatoms. The Bertz CT molecular complexity index is 498. The molecule has 22 heavy (non-hydrogen) atoms. The number of ether oxygens (including phenoxy) is 1. The summed E-state index contributed by atoms with van der Waals surface area (Å²) in [7, 11) is 0. The Morgan fingerprint density at radius 2 is 2.05 bits per heavy atom. The van der Waals surface area contributed by atoms with Crippen molar-refractivity contribution >= 4 is 6.09 Å². The number of hydrogen-bond acceptors (Lipinski definition) is 4. The third kappa shape index (κ3) is 4.44. The molecule has 0 radical (unpaired) electrons. The van der Waals surface area contributed by atoms with Crippen LogP contribution in [0.2, 0.25) is 0 Å². The summed E-state index contributed by atoms with van der Waals surface area (Å²) in [6.45, 7) is 12.3. The molecule has 1 amide bonds. The van der Waals surface area contributed by atoms with E-state index in [1.807, 2.05) is 37.9 Å². The van der Waals surface area contributed by atoms with Crippen LogP contribution in [0.5, 0.6) is 0 Å². The van der Waals surface area contributed by atoms with Crippen LogP contribution in [-0.2, 0) is 11.3 Å². The number of piperazine rings is 1. The highest BCUT2D eigenvalue weighted by atomic mass is 16.6. The Kier molecular flexibility index (Phi) is 5.06. The second kappa shape index (κ2) is 6.65. The second-order valence-electron chi connectivity index (χ2n) is 7.12. The molecule has 1 saturated heterocycles. The molecule has 2 rings (SSSR count). The molecular weight excluding hydrogens is 278 g/mol. The molecule has 0 unspecified atom stereocenters. The van der Waals surface area contributed by atoms with Gasteiger partial charge in [-0.05, 0) is 46.2 Å². The average Bonchev–Trinajstić information content (AvgIpc) is 2.41. The van der Waals surface area contributed by atoms with E-state index in [0.717, 1.165) is 13.1 Å². The second-order valence-corrected chi connectivity index (χ2v) is 7.12. The lowest BCUT2D eigenvalue weighted by molar-refractivity contribution is -0.0117. The first kappa shape index (κ1) is 16.7. The van der Waals surface area contributed by atoms with Crippen LogP contribution in [0.4, 0.5) is 4.79 Å². The highest BCUT2D eigenvalue weighted by molar-refractivity contribution is 5.68. The maximum atomic E-state index is 12.3. The fraction of sp³-hybridized carbons (Fsp3) is 0.647. The van der Waals surface area contributed by atoms with Crippen LogP contribution in [0, 0.1) is 0 Å². The molecule has 0 aliphatic carbocycles. The van der Waals surface area contributed by atoms with Crippen LogP contribution >= 0.6 is 0 Å². The van der Waals surface area contributed by atoms with E-state index in [0.29, 0.717) is 12.6 Å². The van der Waals surface area contributed by atoms with Gasteiger partial charge in [-0.25, -0.2) is 4.79 Å². The Hall–Kier alpha value is -1.62. The van der Waals surface area contributed by atoms with Gasteiger partial charge in [0.15, 0.2) is 0 Å². The molecule has 1 aromatic heterocycles. The first-order chi connectivity index (χ1) is 10.3. The van der Waals surface area contributed by atoms with Gasteiger partial charge in [0.2, 0.25) is 0 Å². The topological polar surface area (TPSA) is 45.7 Å². The first-order valence-corrected chi connectivity index (χ1v) is 7.89. The van der Waals surface area contributed by atoms with E-state index in [-0.39, 0.29) is 12.1 Å². The molecular formula is C17H27N3O2. The molecule has 0 spiro atoms. The van der Waals surface area contributed by atoms with Gasteiger partial charge in [0.1, 0.15) is 5.60 Å². The van der Waals surface area contributed by atoms with Gasteiger partial charge >= 0.3 is 6.09 Å². The minimum Gasteiger partial charge on any atom is -0.444 e. The average molecular weight is 305 g/mol. The molecule has 0 saturated carbocycles. The van der Waals surface area contributed by atoms with Gasteiger partial charge in [-0.3, -0.25) is 9.88 Å².